The van der Waals surface area contributed by atoms with Gasteiger partial charge in [-0.1, -0.05) is 17.7 Å². The third-order valence-corrected chi connectivity index (χ3v) is 6.29. The number of imidazole rings is 1. The lowest BCUT2D eigenvalue weighted by molar-refractivity contribution is -0.111. The van der Waals surface area contributed by atoms with Crippen LogP contribution < -0.4 is 10.0 Å². The standard InChI is InChI=1S/C18H19ClN4O3S2/c1-18(2,3)22-28(25,26)13-6-4-5-12(11-13)20-15(24)8-7-14-16(19)21-17-23(14)9-10-27-17/h4-11,22H,1-3H3,(H,20,24)/b8-7+. The van der Waals surface area contributed by atoms with Gasteiger partial charge in [0.2, 0.25) is 15.9 Å². The van der Waals surface area contributed by atoms with Gasteiger partial charge in [-0.15, -0.1) is 11.3 Å². The van der Waals surface area contributed by atoms with Crippen LogP contribution in [-0.4, -0.2) is 29.2 Å². The highest BCUT2D eigenvalue weighted by atomic mass is 35.5. The summed E-state index contributed by atoms with van der Waals surface area (Å²) in [6.07, 6.45) is 4.70. The Bertz CT molecular complexity index is 1160. The molecule has 1 amide bonds. The zero-order valence-electron chi connectivity index (χ0n) is 15.4. The van der Waals surface area contributed by atoms with Gasteiger partial charge in [-0.2, -0.15) is 0 Å². The summed E-state index contributed by atoms with van der Waals surface area (Å²) in [5, 5.41) is 4.82. The highest BCUT2D eigenvalue weighted by Crippen LogP contribution is 2.22. The second-order valence-electron chi connectivity index (χ2n) is 7.05. The number of carbonyl (C=O) groups excluding carboxylic acids is 1. The van der Waals surface area contributed by atoms with Gasteiger partial charge >= 0.3 is 0 Å². The van der Waals surface area contributed by atoms with E-state index in [9.17, 15) is 13.2 Å². The van der Waals surface area contributed by atoms with Crippen LogP contribution in [0.5, 0.6) is 0 Å². The summed E-state index contributed by atoms with van der Waals surface area (Å²) in [6.45, 7) is 5.27. The minimum Gasteiger partial charge on any atom is -0.322 e. The Morgan fingerprint density at radius 1 is 1.32 bits per heavy atom. The highest BCUT2D eigenvalue weighted by Gasteiger charge is 2.22. The number of amides is 1. The SMILES string of the molecule is CC(C)(C)NS(=O)(=O)c1cccc(NC(=O)/C=C/c2c(Cl)nc3sccn23)c1. The molecule has 0 spiro atoms. The molecule has 7 nitrogen and oxygen atoms in total. The van der Waals surface area contributed by atoms with E-state index in [1.54, 1.807) is 43.4 Å². The van der Waals surface area contributed by atoms with E-state index in [-0.39, 0.29) is 4.90 Å². The quantitative estimate of drug-likeness (QED) is 0.593. The van der Waals surface area contributed by atoms with Crippen LogP contribution in [0.25, 0.3) is 11.0 Å². The molecule has 0 bridgehead atoms. The molecule has 2 aromatic heterocycles. The van der Waals surface area contributed by atoms with E-state index in [0.717, 1.165) is 4.96 Å². The van der Waals surface area contributed by atoms with Gasteiger partial charge in [-0.3, -0.25) is 9.20 Å². The summed E-state index contributed by atoms with van der Waals surface area (Å²) < 4.78 is 29.2. The highest BCUT2D eigenvalue weighted by molar-refractivity contribution is 7.89. The molecular formula is C18H19ClN4O3S2. The Morgan fingerprint density at radius 3 is 2.79 bits per heavy atom. The monoisotopic (exact) mass is 438 g/mol. The zero-order valence-corrected chi connectivity index (χ0v) is 17.8. The lowest BCUT2D eigenvalue weighted by atomic mass is 10.1. The Labute approximate surface area is 172 Å². The third kappa shape index (κ3) is 4.79. The molecule has 0 saturated heterocycles. The fourth-order valence-corrected chi connectivity index (χ4v) is 4.94. The lowest BCUT2D eigenvalue weighted by Crippen LogP contribution is -2.40. The van der Waals surface area contributed by atoms with Crippen molar-refractivity contribution in [3.8, 4) is 0 Å². The zero-order chi connectivity index (χ0) is 20.5. The normalized spacial score (nSPS) is 12.7. The maximum absolute atomic E-state index is 12.4. The molecule has 1 aromatic carbocycles. The van der Waals surface area contributed by atoms with Gasteiger partial charge in [0, 0.05) is 28.9 Å². The fraction of sp³-hybridized carbons (Fsp3) is 0.222. The van der Waals surface area contributed by atoms with Gasteiger partial charge in [0.25, 0.3) is 0 Å². The number of aromatic nitrogens is 2. The van der Waals surface area contributed by atoms with Crippen molar-refractivity contribution in [3.63, 3.8) is 0 Å². The van der Waals surface area contributed by atoms with E-state index in [1.807, 2.05) is 11.6 Å². The molecular weight excluding hydrogens is 420 g/mol. The van der Waals surface area contributed by atoms with Gasteiger partial charge in [0.15, 0.2) is 10.1 Å². The fourth-order valence-electron chi connectivity index (χ4n) is 2.47. The van der Waals surface area contributed by atoms with Gasteiger partial charge < -0.3 is 5.32 Å². The molecule has 0 aliphatic carbocycles. The molecule has 2 heterocycles. The number of sulfonamides is 1. The minimum atomic E-state index is -3.69. The molecule has 148 valence electrons. The van der Waals surface area contributed by atoms with E-state index in [4.69, 9.17) is 11.6 Å². The van der Waals surface area contributed by atoms with E-state index < -0.39 is 21.5 Å². The summed E-state index contributed by atoms with van der Waals surface area (Å²) >= 11 is 7.53. The van der Waals surface area contributed by atoms with Crippen molar-refractivity contribution >= 4 is 55.6 Å². The van der Waals surface area contributed by atoms with Crippen molar-refractivity contribution in [2.45, 2.75) is 31.2 Å². The average molecular weight is 439 g/mol. The predicted molar refractivity (Wildman–Crippen MR) is 112 cm³/mol. The van der Waals surface area contributed by atoms with Crippen LogP contribution in [-0.2, 0) is 14.8 Å². The second-order valence-corrected chi connectivity index (χ2v) is 9.96. The first kappa shape index (κ1) is 20.5. The van der Waals surface area contributed by atoms with Gasteiger partial charge in [0.1, 0.15) is 0 Å². The number of rotatable bonds is 5. The molecule has 10 heteroatoms. The number of anilines is 1. The first-order chi connectivity index (χ1) is 13.0. The van der Waals surface area contributed by atoms with Crippen molar-refractivity contribution in [1.29, 1.82) is 0 Å². The van der Waals surface area contributed by atoms with Crippen molar-refractivity contribution in [1.82, 2.24) is 14.1 Å². The number of nitrogens with one attached hydrogen (secondary N) is 2. The van der Waals surface area contributed by atoms with E-state index in [0.29, 0.717) is 16.5 Å². The number of halogens is 1. The summed E-state index contributed by atoms with van der Waals surface area (Å²) in [5.41, 5.74) is 0.350. The molecule has 0 unspecified atom stereocenters. The third-order valence-electron chi connectivity index (χ3n) is 3.50. The van der Waals surface area contributed by atoms with Crippen molar-refractivity contribution in [3.05, 3.63) is 52.8 Å². The van der Waals surface area contributed by atoms with Gasteiger partial charge in [-0.25, -0.2) is 18.1 Å². The molecule has 0 aliphatic rings. The molecule has 0 aliphatic heterocycles. The number of thiazole rings is 1. The number of hydrogen-bond donors (Lipinski definition) is 2. The summed E-state index contributed by atoms with van der Waals surface area (Å²) in [4.78, 5) is 17.2. The molecule has 3 aromatic rings. The van der Waals surface area contributed by atoms with Crippen LogP contribution in [0.4, 0.5) is 5.69 Å². The largest absolute Gasteiger partial charge is 0.322 e. The number of benzene rings is 1. The summed E-state index contributed by atoms with van der Waals surface area (Å²) in [6, 6.07) is 6.06. The molecule has 0 fully saturated rings. The lowest BCUT2D eigenvalue weighted by Gasteiger charge is -2.20. The van der Waals surface area contributed by atoms with E-state index in [1.165, 1.54) is 29.5 Å². The topological polar surface area (TPSA) is 92.6 Å². The number of nitrogens with zero attached hydrogens (tertiary/aromatic N) is 2. The molecule has 0 radical (unpaired) electrons. The first-order valence-corrected chi connectivity index (χ1v) is 11.0. The predicted octanol–water partition coefficient (Wildman–Crippen LogP) is 3.78. The second kappa shape index (κ2) is 7.67. The van der Waals surface area contributed by atoms with Crippen LogP contribution in [0.3, 0.4) is 0 Å². The summed E-state index contributed by atoms with van der Waals surface area (Å²) in [5.74, 6) is -0.417. The van der Waals surface area contributed by atoms with Crippen LogP contribution >= 0.6 is 22.9 Å². The van der Waals surface area contributed by atoms with Crippen LogP contribution in [0.2, 0.25) is 5.15 Å². The van der Waals surface area contributed by atoms with Crippen molar-refractivity contribution < 1.29 is 13.2 Å². The van der Waals surface area contributed by atoms with Crippen molar-refractivity contribution in [2.24, 2.45) is 0 Å². The molecule has 3 rings (SSSR count). The van der Waals surface area contributed by atoms with Gasteiger partial charge in [-0.05, 0) is 45.0 Å². The molecule has 0 saturated carbocycles. The smallest absolute Gasteiger partial charge is 0.248 e. The van der Waals surface area contributed by atoms with E-state index >= 15 is 0 Å². The van der Waals surface area contributed by atoms with Gasteiger partial charge in [0.05, 0.1) is 10.6 Å². The number of hydrogen-bond acceptors (Lipinski definition) is 5. The number of fused-ring (bicyclic) bond motifs is 1. The average Bonchev–Trinajstić information content (AvgIpc) is 3.12. The van der Waals surface area contributed by atoms with E-state index in [2.05, 4.69) is 15.0 Å². The summed E-state index contributed by atoms with van der Waals surface area (Å²) in [7, 11) is -3.69. The Kier molecular flexibility index (Phi) is 5.62. The maximum atomic E-state index is 12.4. The molecule has 0 atom stereocenters. The van der Waals surface area contributed by atoms with Crippen LogP contribution in [0.1, 0.15) is 26.5 Å². The van der Waals surface area contributed by atoms with Crippen LogP contribution in [0, 0.1) is 0 Å². The Morgan fingerprint density at radius 2 is 2.07 bits per heavy atom. The first-order valence-electron chi connectivity index (χ1n) is 8.29. The minimum absolute atomic E-state index is 0.0722. The molecule has 28 heavy (non-hydrogen) atoms. The Balaban J connectivity index is 1.76. The molecule has 2 N–H and O–H groups in total. The van der Waals surface area contributed by atoms with Crippen molar-refractivity contribution in [2.75, 3.05) is 5.32 Å². The Hall–Kier alpha value is -2.20. The van der Waals surface area contributed by atoms with Crippen LogP contribution in [0.15, 0.2) is 46.8 Å². The maximum Gasteiger partial charge on any atom is 0.248 e. The number of carbonyl (C=O) groups is 1.